The first-order valence-corrected chi connectivity index (χ1v) is 9.32. The van der Waals surface area contributed by atoms with Crippen LogP contribution in [0.5, 0.6) is 0 Å². The Balaban J connectivity index is 2.59. The molecule has 1 aromatic heterocycles. The third-order valence-electron chi connectivity index (χ3n) is 4.66. The molecule has 0 aliphatic heterocycles. The van der Waals surface area contributed by atoms with Crippen LogP contribution in [-0.4, -0.2) is 39.0 Å². The number of hydrogen-bond acceptors (Lipinski definition) is 3. The Bertz CT molecular complexity index is 737. The topological polar surface area (TPSA) is 70.5 Å². The Morgan fingerprint density at radius 2 is 1.56 bits per heavy atom. The summed E-state index contributed by atoms with van der Waals surface area (Å²) < 4.78 is 0. The van der Waals surface area contributed by atoms with Crippen molar-refractivity contribution in [2.45, 2.75) is 58.0 Å². The van der Waals surface area contributed by atoms with Crippen LogP contribution in [0.15, 0.2) is 54.7 Å². The molecule has 2 rings (SSSR count). The number of nitrogens with zero attached hydrogens (tertiary/aromatic N) is 2. The molecule has 1 aromatic carbocycles. The Labute approximate surface area is 161 Å². The molecule has 2 atom stereocenters. The van der Waals surface area contributed by atoms with Gasteiger partial charge in [0, 0.05) is 29.9 Å². The number of benzene rings is 1. The quantitative estimate of drug-likeness (QED) is 0.762. The predicted molar refractivity (Wildman–Crippen MR) is 106 cm³/mol. The summed E-state index contributed by atoms with van der Waals surface area (Å²) >= 11 is 0. The Morgan fingerprint density at radius 3 is 2.04 bits per heavy atom. The van der Waals surface area contributed by atoms with Crippen molar-refractivity contribution in [3.8, 4) is 0 Å². The second-order valence-corrected chi connectivity index (χ2v) is 7.28. The number of hydrogen-bond donors (Lipinski definition) is 1. The number of aliphatic carboxylic acids is 1. The maximum atomic E-state index is 13.6. The van der Waals surface area contributed by atoms with Gasteiger partial charge in [-0.1, -0.05) is 36.4 Å². The predicted octanol–water partition coefficient (Wildman–Crippen LogP) is 4.07. The number of carboxylic acids is 1. The molecule has 0 bridgehead atoms. The molecule has 1 amide bonds. The zero-order chi connectivity index (χ0) is 20.0. The molecule has 0 aliphatic carbocycles. The molecule has 0 radical (unpaired) electrons. The van der Waals surface area contributed by atoms with Crippen LogP contribution in [0.2, 0.25) is 0 Å². The molecule has 5 heteroatoms. The SMILES string of the molecule is CC(C)N(C(=O)C(c1ccccc1)C(CC(=O)O)c1ccccn1)C(C)C. The van der Waals surface area contributed by atoms with Crippen LogP contribution in [0, 0.1) is 0 Å². The summed E-state index contributed by atoms with van der Waals surface area (Å²) in [6, 6.07) is 14.9. The summed E-state index contributed by atoms with van der Waals surface area (Å²) in [7, 11) is 0. The van der Waals surface area contributed by atoms with Crippen molar-refractivity contribution in [3.05, 3.63) is 66.0 Å². The van der Waals surface area contributed by atoms with E-state index < -0.39 is 17.8 Å². The highest BCUT2D eigenvalue weighted by molar-refractivity contribution is 5.86. The van der Waals surface area contributed by atoms with Crippen LogP contribution in [0.4, 0.5) is 0 Å². The monoisotopic (exact) mass is 368 g/mol. The van der Waals surface area contributed by atoms with Gasteiger partial charge in [-0.05, 0) is 45.4 Å². The van der Waals surface area contributed by atoms with Crippen molar-refractivity contribution in [3.63, 3.8) is 0 Å². The van der Waals surface area contributed by atoms with Gasteiger partial charge in [-0.3, -0.25) is 14.6 Å². The summed E-state index contributed by atoms with van der Waals surface area (Å²) in [6.07, 6.45) is 1.48. The van der Waals surface area contributed by atoms with Gasteiger partial charge in [0.2, 0.25) is 5.91 Å². The third kappa shape index (κ3) is 5.16. The summed E-state index contributed by atoms with van der Waals surface area (Å²) in [5, 5.41) is 9.53. The summed E-state index contributed by atoms with van der Waals surface area (Å²) in [5.41, 5.74) is 1.43. The highest BCUT2D eigenvalue weighted by atomic mass is 16.4. The van der Waals surface area contributed by atoms with E-state index >= 15 is 0 Å². The Hall–Kier alpha value is -2.69. The van der Waals surface area contributed by atoms with Gasteiger partial charge in [-0.2, -0.15) is 0 Å². The second kappa shape index (κ2) is 9.31. The number of carboxylic acid groups (broad SMARTS) is 1. The van der Waals surface area contributed by atoms with Gasteiger partial charge in [0.1, 0.15) is 0 Å². The van der Waals surface area contributed by atoms with E-state index in [9.17, 15) is 14.7 Å². The van der Waals surface area contributed by atoms with E-state index in [1.54, 1.807) is 18.3 Å². The Morgan fingerprint density at radius 1 is 0.963 bits per heavy atom. The fourth-order valence-corrected chi connectivity index (χ4v) is 3.65. The first-order valence-electron chi connectivity index (χ1n) is 9.32. The zero-order valence-corrected chi connectivity index (χ0v) is 16.4. The number of aromatic nitrogens is 1. The van der Waals surface area contributed by atoms with Gasteiger partial charge in [0.25, 0.3) is 0 Å². The molecule has 1 N–H and O–H groups in total. The first kappa shape index (κ1) is 20.6. The van der Waals surface area contributed by atoms with Crippen molar-refractivity contribution >= 4 is 11.9 Å². The lowest BCUT2D eigenvalue weighted by atomic mass is 9.80. The molecular formula is C22H28N2O3. The van der Waals surface area contributed by atoms with Crippen LogP contribution in [-0.2, 0) is 9.59 Å². The van der Waals surface area contributed by atoms with Crippen molar-refractivity contribution in [2.75, 3.05) is 0 Å². The van der Waals surface area contributed by atoms with E-state index in [2.05, 4.69) is 4.98 Å². The van der Waals surface area contributed by atoms with E-state index in [4.69, 9.17) is 0 Å². The zero-order valence-electron chi connectivity index (χ0n) is 16.4. The van der Waals surface area contributed by atoms with Gasteiger partial charge in [-0.15, -0.1) is 0 Å². The van der Waals surface area contributed by atoms with E-state index in [0.717, 1.165) is 5.56 Å². The van der Waals surface area contributed by atoms with E-state index in [0.29, 0.717) is 5.69 Å². The standard InChI is InChI=1S/C22H28N2O3/c1-15(2)24(16(3)4)22(27)21(17-10-6-5-7-11-17)18(14-20(25)26)19-12-8-9-13-23-19/h5-13,15-16,18,21H,14H2,1-4H3,(H,25,26). The van der Waals surface area contributed by atoms with Crippen LogP contribution in [0.1, 0.15) is 57.2 Å². The lowest BCUT2D eigenvalue weighted by Crippen LogP contribution is -2.46. The average Bonchev–Trinajstić information content (AvgIpc) is 2.62. The average molecular weight is 368 g/mol. The van der Waals surface area contributed by atoms with Crippen LogP contribution in [0.3, 0.4) is 0 Å². The minimum Gasteiger partial charge on any atom is -0.481 e. The smallest absolute Gasteiger partial charge is 0.304 e. The number of carbonyl (C=O) groups excluding carboxylic acids is 1. The largest absolute Gasteiger partial charge is 0.481 e. The molecular weight excluding hydrogens is 340 g/mol. The summed E-state index contributed by atoms with van der Waals surface area (Å²) in [5.74, 6) is -2.16. The van der Waals surface area contributed by atoms with Crippen molar-refractivity contribution < 1.29 is 14.7 Å². The van der Waals surface area contributed by atoms with Crippen molar-refractivity contribution in [1.82, 2.24) is 9.88 Å². The second-order valence-electron chi connectivity index (χ2n) is 7.28. The van der Waals surface area contributed by atoms with E-state index in [1.807, 2.05) is 69.0 Å². The fourth-order valence-electron chi connectivity index (χ4n) is 3.65. The third-order valence-corrected chi connectivity index (χ3v) is 4.66. The minimum atomic E-state index is -0.944. The normalized spacial score (nSPS) is 13.4. The molecule has 144 valence electrons. The molecule has 0 aliphatic rings. The van der Waals surface area contributed by atoms with Gasteiger partial charge >= 0.3 is 5.97 Å². The molecule has 27 heavy (non-hydrogen) atoms. The van der Waals surface area contributed by atoms with E-state index in [-0.39, 0.29) is 24.4 Å². The molecule has 2 aromatic rings. The lowest BCUT2D eigenvalue weighted by molar-refractivity contribution is -0.139. The number of carbonyl (C=O) groups is 2. The molecule has 0 saturated carbocycles. The molecule has 5 nitrogen and oxygen atoms in total. The van der Waals surface area contributed by atoms with Crippen molar-refractivity contribution in [1.29, 1.82) is 0 Å². The number of rotatable bonds is 8. The highest BCUT2D eigenvalue weighted by Crippen LogP contribution is 2.37. The van der Waals surface area contributed by atoms with Gasteiger partial charge in [-0.25, -0.2) is 0 Å². The molecule has 1 heterocycles. The molecule has 0 spiro atoms. The van der Waals surface area contributed by atoms with E-state index in [1.165, 1.54) is 0 Å². The minimum absolute atomic E-state index is 0.0120. The number of pyridine rings is 1. The van der Waals surface area contributed by atoms with Crippen LogP contribution in [0.25, 0.3) is 0 Å². The summed E-state index contributed by atoms with van der Waals surface area (Å²) in [6.45, 7) is 7.92. The maximum Gasteiger partial charge on any atom is 0.304 e. The molecule has 2 unspecified atom stereocenters. The van der Waals surface area contributed by atoms with Crippen LogP contribution < -0.4 is 0 Å². The maximum absolute atomic E-state index is 13.6. The summed E-state index contributed by atoms with van der Waals surface area (Å²) in [4.78, 5) is 31.5. The fraction of sp³-hybridized carbons (Fsp3) is 0.409. The van der Waals surface area contributed by atoms with Gasteiger partial charge < -0.3 is 10.0 Å². The van der Waals surface area contributed by atoms with Crippen molar-refractivity contribution in [2.24, 2.45) is 0 Å². The highest BCUT2D eigenvalue weighted by Gasteiger charge is 2.37. The first-order chi connectivity index (χ1) is 12.8. The molecule has 0 fully saturated rings. The number of amides is 1. The van der Waals surface area contributed by atoms with Gasteiger partial charge in [0.15, 0.2) is 0 Å². The molecule has 0 saturated heterocycles. The van der Waals surface area contributed by atoms with Gasteiger partial charge in [0.05, 0.1) is 12.3 Å². The lowest BCUT2D eigenvalue weighted by Gasteiger charge is -2.36. The Kier molecular flexibility index (Phi) is 7.11. The van der Waals surface area contributed by atoms with Crippen LogP contribution >= 0.6 is 0 Å².